The zero-order valence-electron chi connectivity index (χ0n) is 10.9. The van der Waals surface area contributed by atoms with Crippen molar-refractivity contribution in [3.05, 3.63) is 59.4 Å². The minimum atomic E-state index is -5.15. The molecule has 0 spiro atoms. The lowest BCUT2D eigenvalue weighted by atomic mass is 10.2. The van der Waals surface area contributed by atoms with Crippen molar-refractivity contribution < 1.29 is 38.9 Å². The number of hydrogen-bond acceptors (Lipinski definition) is 3. The van der Waals surface area contributed by atoms with E-state index in [1.165, 1.54) is 0 Å². The molecule has 0 amide bonds. The largest absolute Gasteiger partial charge is 0.420 e. The van der Waals surface area contributed by atoms with E-state index in [4.69, 9.17) is 0 Å². The summed E-state index contributed by atoms with van der Waals surface area (Å²) in [6.45, 7) is 0. The van der Waals surface area contributed by atoms with Gasteiger partial charge in [-0.1, -0.05) is 12.1 Å². The van der Waals surface area contributed by atoms with Crippen molar-refractivity contribution in [1.82, 2.24) is 0 Å². The Bertz CT molecular complexity index is 845. The van der Waals surface area contributed by atoms with Crippen LogP contribution in [0.15, 0.2) is 41.3 Å². The highest BCUT2D eigenvalue weighted by Crippen LogP contribution is 2.37. The number of alkyl halides is 3. The first-order valence-corrected chi connectivity index (χ1v) is 7.18. The maximum Gasteiger partial charge on any atom is 0.420 e. The number of para-hydroxylation sites is 1. The fourth-order valence-electron chi connectivity index (χ4n) is 1.63. The molecule has 0 saturated heterocycles. The number of halogens is 6. The molecule has 0 aliphatic rings. The summed E-state index contributed by atoms with van der Waals surface area (Å²) in [6, 6.07) is 3.21. The molecule has 0 bridgehead atoms. The average molecular weight is 356 g/mol. The predicted molar refractivity (Wildman–Crippen MR) is 65.6 cm³/mol. The van der Waals surface area contributed by atoms with Crippen LogP contribution < -0.4 is 4.18 Å². The van der Waals surface area contributed by atoms with Crippen LogP contribution in [0.5, 0.6) is 5.75 Å². The van der Waals surface area contributed by atoms with Crippen LogP contribution in [0.3, 0.4) is 0 Å². The van der Waals surface area contributed by atoms with Gasteiger partial charge in [0.2, 0.25) is 0 Å². The Hall–Kier alpha value is -2.23. The molecule has 0 unspecified atom stereocenters. The zero-order valence-corrected chi connectivity index (χ0v) is 11.7. The molecule has 23 heavy (non-hydrogen) atoms. The SMILES string of the molecule is O=S(=O)(Oc1ccccc1C(F)(F)F)c1cc(F)c(F)cc1F. The monoisotopic (exact) mass is 356 g/mol. The van der Waals surface area contributed by atoms with E-state index in [-0.39, 0.29) is 12.1 Å². The molecule has 124 valence electrons. The summed E-state index contributed by atoms with van der Waals surface area (Å²) in [5.41, 5.74) is -1.42. The molecule has 0 aromatic heterocycles. The third kappa shape index (κ3) is 3.58. The van der Waals surface area contributed by atoms with E-state index >= 15 is 0 Å². The number of hydrogen-bond donors (Lipinski definition) is 0. The predicted octanol–water partition coefficient (Wildman–Crippen LogP) is 3.89. The van der Waals surface area contributed by atoms with Crippen LogP contribution in [0.1, 0.15) is 5.56 Å². The fraction of sp³-hybridized carbons (Fsp3) is 0.0769. The highest BCUT2D eigenvalue weighted by molar-refractivity contribution is 7.87. The molecule has 3 nitrogen and oxygen atoms in total. The number of benzene rings is 2. The van der Waals surface area contributed by atoms with Gasteiger partial charge >= 0.3 is 16.3 Å². The van der Waals surface area contributed by atoms with Gasteiger partial charge in [-0.15, -0.1) is 0 Å². The van der Waals surface area contributed by atoms with E-state index in [1.54, 1.807) is 0 Å². The first-order valence-electron chi connectivity index (χ1n) is 5.77. The van der Waals surface area contributed by atoms with Gasteiger partial charge in [0.25, 0.3) is 0 Å². The summed E-state index contributed by atoms with van der Waals surface area (Å²) in [4.78, 5) is -1.42. The Balaban J connectivity index is 2.51. The van der Waals surface area contributed by atoms with Crippen LogP contribution in [0.2, 0.25) is 0 Å². The lowest BCUT2D eigenvalue weighted by molar-refractivity contribution is -0.138. The maximum atomic E-state index is 13.5. The van der Waals surface area contributed by atoms with E-state index < -0.39 is 50.0 Å². The zero-order chi connectivity index (χ0) is 17.4. The van der Waals surface area contributed by atoms with Gasteiger partial charge in [0.1, 0.15) is 10.7 Å². The summed E-state index contributed by atoms with van der Waals surface area (Å²) < 4.78 is 106. The molecule has 0 atom stereocenters. The summed E-state index contributed by atoms with van der Waals surface area (Å²) >= 11 is 0. The Morgan fingerprint density at radius 2 is 1.43 bits per heavy atom. The Morgan fingerprint density at radius 3 is 2.04 bits per heavy atom. The van der Waals surface area contributed by atoms with Gasteiger partial charge in [-0.2, -0.15) is 21.6 Å². The molecule has 0 radical (unpaired) electrons. The molecule has 0 heterocycles. The van der Waals surface area contributed by atoms with Crippen molar-refractivity contribution >= 4 is 10.1 Å². The van der Waals surface area contributed by atoms with Crippen LogP contribution in [0.4, 0.5) is 26.3 Å². The first kappa shape index (κ1) is 17.1. The molecular formula is C13H6F6O3S. The highest BCUT2D eigenvalue weighted by atomic mass is 32.2. The molecule has 0 saturated carbocycles. The first-order chi connectivity index (χ1) is 10.5. The minimum Gasteiger partial charge on any atom is -0.378 e. The Labute approximate surface area is 126 Å². The van der Waals surface area contributed by atoms with Crippen molar-refractivity contribution in [1.29, 1.82) is 0 Å². The topological polar surface area (TPSA) is 43.4 Å². The third-order valence-corrected chi connectivity index (χ3v) is 3.89. The molecular weight excluding hydrogens is 350 g/mol. The Kier molecular flexibility index (Phi) is 4.29. The van der Waals surface area contributed by atoms with Crippen LogP contribution in [-0.4, -0.2) is 8.42 Å². The van der Waals surface area contributed by atoms with Gasteiger partial charge in [0.15, 0.2) is 17.4 Å². The van der Waals surface area contributed by atoms with Crippen LogP contribution in [0.25, 0.3) is 0 Å². The van der Waals surface area contributed by atoms with Gasteiger partial charge in [0, 0.05) is 12.1 Å². The molecule has 2 aromatic carbocycles. The summed E-state index contributed by atoms with van der Waals surface area (Å²) in [6.07, 6.45) is -4.93. The van der Waals surface area contributed by atoms with Crippen molar-refractivity contribution in [2.75, 3.05) is 0 Å². The van der Waals surface area contributed by atoms with Crippen LogP contribution >= 0.6 is 0 Å². The minimum absolute atomic E-state index is 0.0177. The third-order valence-electron chi connectivity index (χ3n) is 2.64. The van der Waals surface area contributed by atoms with Crippen molar-refractivity contribution in [3.8, 4) is 5.75 Å². The summed E-state index contributed by atoms with van der Waals surface area (Å²) in [5.74, 6) is -6.17. The number of rotatable bonds is 3. The highest BCUT2D eigenvalue weighted by Gasteiger charge is 2.36. The van der Waals surface area contributed by atoms with Crippen LogP contribution in [0, 0.1) is 17.5 Å². The van der Waals surface area contributed by atoms with Crippen molar-refractivity contribution in [2.24, 2.45) is 0 Å². The fourth-order valence-corrected chi connectivity index (χ4v) is 2.65. The molecule has 0 N–H and O–H groups in total. The molecule has 2 aromatic rings. The van der Waals surface area contributed by atoms with E-state index in [0.717, 1.165) is 12.1 Å². The quantitative estimate of drug-likeness (QED) is 0.476. The van der Waals surface area contributed by atoms with Gasteiger partial charge < -0.3 is 4.18 Å². The van der Waals surface area contributed by atoms with Gasteiger partial charge in [-0.05, 0) is 12.1 Å². The van der Waals surface area contributed by atoms with Gasteiger partial charge in [-0.3, -0.25) is 0 Å². The Morgan fingerprint density at radius 1 is 0.870 bits per heavy atom. The summed E-state index contributed by atoms with van der Waals surface area (Å²) in [7, 11) is -5.15. The van der Waals surface area contributed by atoms with E-state index in [0.29, 0.717) is 12.1 Å². The normalized spacial score (nSPS) is 12.3. The molecule has 0 fully saturated rings. The van der Waals surface area contributed by atoms with Gasteiger partial charge in [-0.25, -0.2) is 13.2 Å². The second-order valence-electron chi connectivity index (χ2n) is 4.23. The van der Waals surface area contributed by atoms with Crippen molar-refractivity contribution in [3.63, 3.8) is 0 Å². The molecule has 0 aliphatic carbocycles. The average Bonchev–Trinajstić information content (AvgIpc) is 2.41. The maximum absolute atomic E-state index is 13.5. The van der Waals surface area contributed by atoms with E-state index in [2.05, 4.69) is 4.18 Å². The second-order valence-corrected chi connectivity index (χ2v) is 5.74. The van der Waals surface area contributed by atoms with Crippen molar-refractivity contribution in [2.45, 2.75) is 11.1 Å². The van der Waals surface area contributed by atoms with Crippen LogP contribution in [-0.2, 0) is 16.3 Å². The molecule has 2 rings (SSSR count). The smallest absolute Gasteiger partial charge is 0.378 e. The standard InChI is InChI=1S/C13H6F6O3S/c14-8-5-10(16)12(6-9(8)15)23(20,21)22-11-4-2-1-3-7(11)13(17,18)19/h1-6H. The van der Waals surface area contributed by atoms with E-state index in [1.807, 2.05) is 0 Å². The van der Waals surface area contributed by atoms with Gasteiger partial charge in [0.05, 0.1) is 5.56 Å². The summed E-state index contributed by atoms with van der Waals surface area (Å²) in [5, 5.41) is 0. The second kappa shape index (κ2) is 5.76. The lowest BCUT2D eigenvalue weighted by Gasteiger charge is -2.13. The lowest BCUT2D eigenvalue weighted by Crippen LogP contribution is -2.16. The van der Waals surface area contributed by atoms with E-state index in [9.17, 15) is 34.8 Å². The molecule has 10 heteroatoms. The molecule has 0 aliphatic heterocycles.